The minimum Gasteiger partial charge on any atom is -0.481 e. The molecule has 0 saturated heterocycles. The molecule has 4 heteroatoms. The second kappa shape index (κ2) is 7.79. The van der Waals surface area contributed by atoms with Crippen molar-refractivity contribution in [1.82, 2.24) is 5.32 Å². The van der Waals surface area contributed by atoms with Crippen molar-refractivity contribution < 1.29 is 14.7 Å². The van der Waals surface area contributed by atoms with Crippen molar-refractivity contribution in [1.29, 1.82) is 0 Å². The predicted octanol–water partition coefficient (Wildman–Crippen LogP) is 4.87. The van der Waals surface area contributed by atoms with E-state index in [1.54, 1.807) is 13.8 Å². The van der Waals surface area contributed by atoms with E-state index in [-0.39, 0.29) is 5.91 Å². The van der Waals surface area contributed by atoms with E-state index in [2.05, 4.69) is 29.6 Å². The molecule has 3 aromatic rings. The Labute approximate surface area is 176 Å². The Hall–Kier alpha value is -3.40. The molecule has 1 unspecified atom stereocenters. The van der Waals surface area contributed by atoms with Gasteiger partial charge < -0.3 is 10.4 Å². The molecule has 0 spiro atoms. The van der Waals surface area contributed by atoms with Crippen molar-refractivity contribution in [3.63, 3.8) is 0 Å². The monoisotopic (exact) mass is 399 g/mol. The van der Waals surface area contributed by atoms with E-state index in [4.69, 9.17) is 0 Å². The van der Waals surface area contributed by atoms with Gasteiger partial charge in [0.25, 0.3) is 0 Å². The van der Waals surface area contributed by atoms with E-state index >= 15 is 0 Å². The molecule has 0 radical (unpaired) electrons. The fraction of sp³-hybridized carbons (Fsp3) is 0.231. The molecule has 0 fully saturated rings. The molecule has 1 amide bonds. The topological polar surface area (TPSA) is 66.4 Å². The van der Waals surface area contributed by atoms with E-state index in [0.29, 0.717) is 6.42 Å². The van der Waals surface area contributed by atoms with Gasteiger partial charge >= 0.3 is 5.97 Å². The van der Waals surface area contributed by atoms with Crippen LogP contribution in [0.3, 0.4) is 0 Å². The molecule has 1 aliphatic rings. The summed E-state index contributed by atoms with van der Waals surface area (Å²) in [7, 11) is 0. The van der Waals surface area contributed by atoms with Crippen LogP contribution in [0, 0.1) is 0 Å². The normalized spacial score (nSPS) is 14.5. The second-order valence-electron chi connectivity index (χ2n) is 7.98. The van der Waals surface area contributed by atoms with E-state index in [1.165, 1.54) is 0 Å². The fourth-order valence-electron chi connectivity index (χ4n) is 4.54. The molecule has 152 valence electrons. The molecular weight excluding hydrogens is 374 g/mol. The maximum atomic E-state index is 12.3. The highest BCUT2D eigenvalue weighted by Crippen LogP contribution is 2.49. The predicted molar refractivity (Wildman–Crippen MR) is 117 cm³/mol. The molecule has 2 N–H and O–H groups in total. The molecule has 0 aromatic heterocycles. The van der Waals surface area contributed by atoms with Gasteiger partial charge in [-0.25, -0.2) is 0 Å². The summed E-state index contributed by atoms with van der Waals surface area (Å²) in [5.74, 6) is -1.42. The van der Waals surface area contributed by atoms with Gasteiger partial charge in [-0.3, -0.25) is 9.59 Å². The van der Waals surface area contributed by atoms with Crippen LogP contribution in [0.1, 0.15) is 48.4 Å². The summed E-state index contributed by atoms with van der Waals surface area (Å²) in [6, 6.07) is 24.3. The fourth-order valence-corrected chi connectivity index (χ4v) is 4.54. The molecule has 0 heterocycles. The smallest absolute Gasteiger partial charge is 0.310 e. The highest BCUT2D eigenvalue weighted by Gasteiger charge is 2.43. The first-order chi connectivity index (χ1) is 14.4. The number of rotatable bonds is 6. The van der Waals surface area contributed by atoms with Gasteiger partial charge in [0.1, 0.15) is 0 Å². The van der Waals surface area contributed by atoms with Crippen LogP contribution in [0.15, 0.2) is 72.8 Å². The quantitative estimate of drug-likeness (QED) is 0.622. The highest BCUT2D eigenvalue weighted by molar-refractivity contribution is 5.84. The van der Waals surface area contributed by atoms with E-state index < -0.39 is 17.4 Å². The van der Waals surface area contributed by atoms with Crippen LogP contribution < -0.4 is 5.32 Å². The number of carboxylic acid groups (broad SMARTS) is 1. The van der Waals surface area contributed by atoms with E-state index in [9.17, 15) is 14.7 Å². The number of hydrogen-bond donors (Lipinski definition) is 2. The summed E-state index contributed by atoms with van der Waals surface area (Å²) in [5.41, 5.74) is 5.89. The zero-order valence-electron chi connectivity index (χ0n) is 17.2. The van der Waals surface area contributed by atoms with Crippen molar-refractivity contribution in [2.75, 3.05) is 0 Å². The average molecular weight is 399 g/mol. The van der Waals surface area contributed by atoms with Gasteiger partial charge in [-0.1, -0.05) is 72.8 Å². The maximum absolute atomic E-state index is 12.3. The van der Waals surface area contributed by atoms with Crippen LogP contribution in [-0.4, -0.2) is 17.0 Å². The molecule has 4 rings (SSSR count). The zero-order chi connectivity index (χ0) is 21.3. The average Bonchev–Trinajstić information content (AvgIpc) is 3.02. The lowest BCUT2D eigenvalue weighted by molar-refractivity contribution is -0.138. The Morgan fingerprint density at radius 2 is 1.43 bits per heavy atom. The zero-order valence-corrected chi connectivity index (χ0v) is 17.2. The molecular formula is C26H25NO3. The first-order valence-corrected chi connectivity index (χ1v) is 10.2. The third kappa shape index (κ3) is 3.39. The third-order valence-electron chi connectivity index (χ3n) is 6.09. The molecule has 3 aromatic carbocycles. The van der Waals surface area contributed by atoms with Gasteiger partial charge in [0.2, 0.25) is 5.91 Å². The third-order valence-corrected chi connectivity index (χ3v) is 6.09. The van der Waals surface area contributed by atoms with Crippen LogP contribution in [0.5, 0.6) is 0 Å². The van der Waals surface area contributed by atoms with Gasteiger partial charge in [-0.05, 0) is 53.1 Å². The summed E-state index contributed by atoms with van der Waals surface area (Å²) >= 11 is 0. The van der Waals surface area contributed by atoms with Crippen molar-refractivity contribution in [2.24, 2.45) is 0 Å². The van der Waals surface area contributed by atoms with Gasteiger partial charge in [0, 0.05) is 6.92 Å². The number of benzene rings is 3. The SMILES string of the molecule is CC(=O)NC1(CCc2ccc(C(C)C(=O)O)cc2)c2ccccc2-c2ccccc21. The van der Waals surface area contributed by atoms with E-state index in [0.717, 1.165) is 39.8 Å². The minimum absolute atomic E-state index is 0.0628. The van der Waals surface area contributed by atoms with Crippen LogP contribution in [0.2, 0.25) is 0 Å². The van der Waals surface area contributed by atoms with Crippen molar-refractivity contribution >= 4 is 11.9 Å². The lowest BCUT2D eigenvalue weighted by Gasteiger charge is -2.33. The Bertz CT molecular complexity index is 1060. The molecule has 30 heavy (non-hydrogen) atoms. The van der Waals surface area contributed by atoms with Crippen LogP contribution in [0.25, 0.3) is 11.1 Å². The maximum Gasteiger partial charge on any atom is 0.310 e. The van der Waals surface area contributed by atoms with Gasteiger partial charge in [0.15, 0.2) is 0 Å². The van der Waals surface area contributed by atoms with Crippen LogP contribution in [0.4, 0.5) is 0 Å². The largest absolute Gasteiger partial charge is 0.481 e. The number of nitrogens with one attached hydrogen (secondary N) is 1. The number of carboxylic acids is 1. The van der Waals surface area contributed by atoms with Gasteiger partial charge in [-0.2, -0.15) is 0 Å². The Kier molecular flexibility index (Phi) is 5.17. The first-order valence-electron chi connectivity index (χ1n) is 10.2. The number of fused-ring (bicyclic) bond motifs is 3. The summed E-state index contributed by atoms with van der Waals surface area (Å²) in [6.45, 7) is 3.25. The number of carbonyl (C=O) groups is 2. The van der Waals surface area contributed by atoms with Crippen molar-refractivity contribution in [2.45, 2.75) is 38.1 Å². The van der Waals surface area contributed by atoms with Gasteiger partial charge in [-0.15, -0.1) is 0 Å². The number of amides is 1. The second-order valence-corrected chi connectivity index (χ2v) is 7.98. The number of aliphatic carboxylic acids is 1. The van der Waals surface area contributed by atoms with Crippen molar-refractivity contribution in [3.05, 3.63) is 95.1 Å². The minimum atomic E-state index is -0.827. The standard InChI is InChI=1S/C26H25NO3/c1-17(25(29)30)20-13-11-19(12-14-20)15-16-26(27-18(2)28)23-9-5-3-7-21(23)22-8-4-6-10-24(22)26/h3-14,17H,15-16H2,1-2H3,(H,27,28)(H,29,30). The lowest BCUT2D eigenvalue weighted by atomic mass is 9.81. The molecule has 0 aliphatic heterocycles. The van der Waals surface area contributed by atoms with Crippen LogP contribution >= 0.6 is 0 Å². The molecule has 0 bridgehead atoms. The summed E-state index contributed by atoms with van der Waals surface area (Å²) < 4.78 is 0. The summed E-state index contributed by atoms with van der Waals surface area (Å²) in [4.78, 5) is 23.5. The Balaban J connectivity index is 1.69. The summed E-state index contributed by atoms with van der Waals surface area (Å²) in [5, 5.41) is 12.5. The molecule has 1 atom stereocenters. The Morgan fingerprint density at radius 3 is 1.93 bits per heavy atom. The number of aryl methyl sites for hydroxylation is 1. The lowest BCUT2D eigenvalue weighted by Crippen LogP contribution is -2.45. The molecule has 1 aliphatic carbocycles. The number of carbonyl (C=O) groups excluding carboxylic acids is 1. The Morgan fingerprint density at radius 1 is 0.900 bits per heavy atom. The highest BCUT2D eigenvalue weighted by atomic mass is 16.4. The molecule has 0 saturated carbocycles. The van der Waals surface area contributed by atoms with Crippen LogP contribution in [-0.2, 0) is 21.5 Å². The van der Waals surface area contributed by atoms with Crippen molar-refractivity contribution in [3.8, 4) is 11.1 Å². The molecule has 4 nitrogen and oxygen atoms in total. The summed E-state index contributed by atoms with van der Waals surface area (Å²) in [6.07, 6.45) is 1.47. The first kappa shape index (κ1) is 19.9. The van der Waals surface area contributed by atoms with E-state index in [1.807, 2.05) is 48.5 Å². The number of hydrogen-bond acceptors (Lipinski definition) is 2. The van der Waals surface area contributed by atoms with Gasteiger partial charge in [0.05, 0.1) is 11.5 Å².